The Morgan fingerprint density at radius 3 is 2.61 bits per heavy atom. The Morgan fingerprint density at radius 1 is 1.06 bits per heavy atom. The van der Waals surface area contributed by atoms with Gasteiger partial charge in [-0.1, -0.05) is 61.5 Å². The number of ether oxygens (including phenoxy) is 1. The highest BCUT2D eigenvalue weighted by molar-refractivity contribution is 5.95. The number of benzene rings is 3. The fourth-order valence-electron chi connectivity index (χ4n) is 4.28. The van der Waals surface area contributed by atoms with Gasteiger partial charge in [-0.15, -0.1) is 0 Å². The van der Waals surface area contributed by atoms with Gasteiger partial charge in [0.2, 0.25) is 5.90 Å². The number of fused-ring (bicyclic) bond motifs is 1. The zero-order valence-corrected chi connectivity index (χ0v) is 19.0. The Hall–Kier alpha value is -3.13. The van der Waals surface area contributed by atoms with E-state index in [9.17, 15) is 0 Å². The molecule has 0 spiro atoms. The van der Waals surface area contributed by atoms with E-state index < -0.39 is 0 Å². The minimum atomic E-state index is 0.619. The van der Waals surface area contributed by atoms with E-state index in [0.717, 1.165) is 11.3 Å². The maximum absolute atomic E-state index is 6.13. The number of nitrogens with zero attached hydrogens (tertiary/aromatic N) is 1. The molecule has 0 aromatic heterocycles. The lowest BCUT2D eigenvalue weighted by Gasteiger charge is -2.13. The third-order valence-electron chi connectivity index (χ3n) is 6.21. The van der Waals surface area contributed by atoms with Crippen molar-refractivity contribution in [2.24, 2.45) is 4.99 Å². The van der Waals surface area contributed by atoms with Gasteiger partial charge in [-0.3, -0.25) is 0 Å². The van der Waals surface area contributed by atoms with Crippen molar-refractivity contribution in [2.45, 2.75) is 53.0 Å². The van der Waals surface area contributed by atoms with Gasteiger partial charge in [0.1, 0.15) is 0 Å². The molecule has 1 aliphatic carbocycles. The average molecular weight is 410 g/mol. The Balaban J connectivity index is 1.63. The van der Waals surface area contributed by atoms with Crippen molar-refractivity contribution in [3.05, 3.63) is 106 Å². The van der Waals surface area contributed by atoms with Crippen LogP contribution in [0.5, 0.6) is 0 Å². The van der Waals surface area contributed by atoms with Gasteiger partial charge < -0.3 is 4.74 Å². The number of rotatable bonds is 5. The van der Waals surface area contributed by atoms with Gasteiger partial charge in [0.05, 0.1) is 12.3 Å². The zero-order chi connectivity index (χ0) is 21.8. The van der Waals surface area contributed by atoms with Crippen LogP contribution in [0.4, 0.5) is 0 Å². The standard InChI is InChI=1S/C29H31NO/c1-5-22(4)31-29(30-19-23-12-15-27-20(2)11-13-25(27)18-23)26-14-16-28(21(3)17-26)24-9-7-6-8-10-24/h5-10,12,14-18,20H,11,13,19H2,1-4H3/b22-5-,30-29?. The van der Waals surface area contributed by atoms with Crippen molar-refractivity contribution in [1.82, 2.24) is 0 Å². The molecule has 3 aromatic rings. The van der Waals surface area contributed by atoms with Crippen molar-refractivity contribution in [2.75, 3.05) is 0 Å². The minimum Gasteiger partial charge on any atom is -0.444 e. The molecule has 0 N–H and O–H groups in total. The fraction of sp³-hybridized carbons (Fsp3) is 0.276. The summed E-state index contributed by atoms with van der Waals surface area (Å²) in [4.78, 5) is 4.89. The molecule has 1 unspecified atom stereocenters. The first kappa shape index (κ1) is 21.1. The van der Waals surface area contributed by atoms with Gasteiger partial charge in [0.15, 0.2) is 0 Å². The van der Waals surface area contributed by atoms with Gasteiger partial charge in [0, 0.05) is 5.56 Å². The molecule has 0 saturated heterocycles. The van der Waals surface area contributed by atoms with Crippen LogP contribution in [0.3, 0.4) is 0 Å². The number of allylic oxidation sites excluding steroid dienone is 2. The molecule has 0 fully saturated rings. The second-order valence-corrected chi connectivity index (χ2v) is 8.49. The van der Waals surface area contributed by atoms with Crippen LogP contribution in [0.15, 0.2) is 83.6 Å². The lowest BCUT2D eigenvalue weighted by atomic mass is 9.98. The highest BCUT2D eigenvalue weighted by Gasteiger charge is 2.18. The van der Waals surface area contributed by atoms with Gasteiger partial charge >= 0.3 is 0 Å². The zero-order valence-electron chi connectivity index (χ0n) is 19.0. The smallest absolute Gasteiger partial charge is 0.221 e. The number of aliphatic imine (C=N–C) groups is 1. The van der Waals surface area contributed by atoms with Crippen LogP contribution in [0.2, 0.25) is 0 Å². The van der Waals surface area contributed by atoms with Crippen molar-refractivity contribution < 1.29 is 4.74 Å². The van der Waals surface area contributed by atoms with Crippen LogP contribution >= 0.6 is 0 Å². The van der Waals surface area contributed by atoms with E-state index in [0.29, 0.717) is 18.4 Å². The molecular formula is C29H31NO. The average Bonchev–Trinajstić information content (AvgIpc) is 3.17. The normalized spacial score (nSPS) is 16.3. The maximum Gasteiger partial charge on any atom is 0.221 e. The molecule has 2 nitrogen and oxygen atoms in total. The highest BCUT2D eigenvalue weighted by Crippen LogP contribution is 2.33. The van der Waals surface area contributed by atoms with Crippen LogP contribution in [-0.4, -0.2) is 5.90 Å². The van der Waals surface area contributed by atoms with Gasteiger partial charge in [0.25, 0.3) is 0 Å². The second-order valence-electron chi connectivity index (χ2n) is 8.49. The molecular weight excluding hydrogens is 378 g/mol. The number of hydrogen-bond acceptors (Lipinski definition) is 2. The number of hydrogen-bond donors (Lipinski definition) is 0. The summed E-state index contributed by atoms with van der Waals surface area (Å²) in [5.74, 6) is 2.20. The molecule has 4 rings (SSSR count). The quantitative estimate of drug-likeness (QED) is 0.241. The molecule has 31 heavy (non-hydrogen) atoms. The first-order chi connectivity index (χ1) is 15.0. The Bertz CT molecular complexity index is 1120. The lowest BCUT2D eigenvalue weighted by molar-refractivity contribution is 0.415. The van der Waals surface area contributed by atoms with Crippen molar-refractivity contribution in [3.63, 3.8) is 0 Å². The second kappa shape index (κ2) is 9.34. The monoisotopic (exact) mass is 409 g/mol. The predicted molar refractivity (Wildman–Crippen MR) is 131 cm³/mol. The SMILES string of the molecule is C/C=C(/C)OC(=NCc1ccc2c(c1)CCC2C)c1ccc(-c2ccccc2)c(C)c1. The largest absolute Gasteiger partial charge is 0.444 e. The Kier molecular flexibility index (Phi) is 6.36. The fourth-order valence-corrected chi connectivity index (χ4v) is 4.28. The van der Waals surface area contributed by atoms with Gasteiger partial charge in [-0.2, -0.15) is 0 Å². The van der Waals surface area contributed by atoms with Crippen LogP contribution in [0.1, 0.15) is 60.9 Å². The van der Waals surface area contributed by atoms with E-state index in [4.69, 9.17) is 9.73 Å². The predicted octanol–water partition coefficient (Wildman–Crippen LogP) is 7.60. The molecule has 0 bridgehead atoms. The topological polar surface area (TPSA) is 21.6 Å². The van der Waals surface area contributed by atoms with Crippen LogP contribution < -0.4 is 0 Å². The molecule has 0 amide bonds. The van der Waals surface area contributed by atoms with Crippen molar-refractivity contribution in [1.29, 1.82) is 0 Å². The van der Waals surface area contributed by atoms with E-state index in [1.54, 1.807) is 0 Å². The molecule has 1 atom stereocenters. The summed E-state index contributed by atoms with van der Waals surface area (Å²) in [5.41, 5.74) is 8.90. The van der Waals surface area contributed by atoms with Crippen molar-refractivity contribution in [3.8, 4) is 11.1 Å². The molecule has 0 saturated carbocycles. The van der Waals surface area contributed by atoms with Gasteiger partial charge in [-0.25, -0.2) is 4.99 Å². The molecule has 3 aromatic carbocycles. The van der Waals surface area contributed by atoms with E-state index in [-0.39, 0.29) is 0 Å². The first-order valence-electron chi connectivity index (χ1n) is 11.2. The number of aryl methyl sites for hydroxylation is 2. The molecule has 0 heterocycles. The Labute approximate surface area is 186 Å². The van der Waals surface area contributed by atoms with E-state index in [2.05, 4.69) is 74.5 Å². The minimum absolute atomic E-state index is 0.619. The third kappa shape index (κ3) is 4.80. The highest BCUT2D eigenvalue weighted by atomic mass is 16.5. The molecule has 158 valence electrons. The van der Waals surface area contributed by atoms with E-state index in [1.807, 2.05) is 26.0 Å². The van der Waals surface area contributed by atoms with Crippen LogP contribution in [-0.2, 0) is 17.7 Å². The molecule has 2 heteroatoms. The Morgan fingerprint density at radius 2 is 1.87 bits per heavy atom. The summed E-state index contributed by atoms with van der Waals surface area (Å²) < 4.78 is 6.13. The molecule has 0 radical (unpaired) electrons. The van der Waals surface area contributed by atoms with Crippen molar-refractivity contribution >= 4 is 5.90 Å². The van der Waals surface area contributed by atoms with E-state index in [1.165, 1.54) is 46.2 Å². The first-order valence-corrected chi connectivity index (χ1v) is 11.2. The maximum atomic E-state index is 6.13. The summed E-state index contributed by atoms with van der Waals surface area (Å²) in [5, 5.41) is 0. The van der Waals surface area contributed by atoms with E-state index >= 15 is 0 Å². The summed E-state index contributed by atoms with van der Waals surface area (Å²) >= 11 is 0. The molecule has 0 aliphatic heterocycles. The summed E-state index contributed by atoms with van der Waals surface area (Å²) in [6.07, 6.45) is 4.40. The third-order valence-corrected chi connectivity index (χ3v) is 6.21. The van der Waals surface area contributed by atoms with Gasteiger partial charge in [-0.05, 0) is 91.1 Å². The lowest BCUT2D eigenvalue weighted by Crippen LogP contribution is -2.07. The molecule has 1 aliphatic rings. The van der Waals surface area contributed by atoms with Crippen LogP contribution in [0.25, 0.3) is 11.1 Å². The van der Waals surface area contributed by atoms with Crippen LogP contribution in [0, 0.1) is 6.92 Å². The summed E-state index contributed by atoms with van der Waals surface area (Å²) in [6.45, 7) is 9.04. The summed E-state index contributed by atoms with van der Waals surface area (Å²) in [6, 6.07) is 23.8. The summed E-state index contributed by atoms with van der Waals surface area (Å²) in [7, 11) is 0.